The zero-order valence-corrected chi connectivity index (χ0v) is 12.6. The molecule has 0 saturated heterocycles. The molecule has 1 aromatic heterocycles. The summed E-state index contributed by atoms with van der Waals surface area (Å²) in [5, 5.41) is 4.30. The minimum absolute atomic E-state index is 0.0551. The molecule has 4 bridgehead atoms. The van der Waals surface area contributed by atoms with Crippen molar-refractivity contribution in [3.05, 3.63) is 18.0 Å². The van der Waals surface area contributed by atoms with Gasteiger partial charge in [0.05, 0.1) is 11.8 Å². The molecule has 1 aromatic rings. The number of nitrogens with zero attached hydrogens (tertiary/aromatic N) is 2. The third-order valence-electron chi connectivity index (χ3n) is 6.05. The molecule has 1 heterocycles. The molecule has 5 rings (SSSR count). The largest absolute Gasteiger partial charge is 0.293 e. The summed E-state index contributed by atoms with van der Waals surface area (Å²) in [6, 6.07) is 0. The highest BCUT2D eigenvalue weighted by molar-refractivity contribution is 6.00. The minimum Gasteiger partial charge on any atom is -0.293 e. The fraction of sp³-hybridized carbons (Fsp3) is 0.765. The first-order valence-electron chi connectivity index (χ1n) is 8.09. The van der Waals surface area contributed by atoms with E-state index in [-0.39, 0.29) is 5.41 Å². The van der Waals surface area contributed by atoms with Gasteiger partial charge in [-0.15, -0.1) is 0 Å². The Bertz CT molecular complexity index is 545. The quantitative estimate of drug-likeness (QED) is 0.786. The third kappa shape index (κ3) is 1.71. The highest BCUT2D eigenvalue weighted by Crippen LogP contribution is 2.65. The minimum atomic E-state index is -0.0551. The number of hydrogen-bond donors (Lipinski definition) is 0. The summed E-state index contributed by atoms with van der Waals surface area (Å²) < 4.78 is 1.87. The second-order valence-electron chi connectivity index (χ2n) is 7.97. The average molecular weight is 272 g/mol. The molecule has 4 aliphatic rings. The first-order valence-corrected chi connectivity index (χ1v) is 8.09. The Kier molecular flexibility index (Phi) is 2.49. The van der Waals surface area contributed by atoms with Gasteiger partial charge in [-0.3, -0.25) is 9.48 Å². The Morgan fingerprint density at radius 1 is 1.35 bits per heavy atom. The molecule has 0 aliphatic heterocycles. The molecule has 0 N–H and O–H groups in total. The van der Waals surface area contributed by atoms with Crippen LogP contribution in [0.1, 0.15) is 62.7 Å². The fourth-order valence-electron chi connectivity index (χ4n) is 5.95. The van der Waals surface area contributed by atoms with E-state index in [9.17, 15) is 4.79 Å². The molecule has 3 nitrogen and oxygen atoms in total. The van der Waals surface area contributed by atoms with Crippen LogP contribution in [-0.2, 0) is 6.54 Å². The lowest BCUT2D eigenvalue weighted by Gasteiger charge is -2.60. The van der Waals surface area contributed by atoms with Crippen LogP contribution < -0.4 is 0 Å². The Labute approximate surface area is 120 Å². The van der Waals surface area contributed by atoms with Crippen molar-refractivity contribution >= 4 is 5.78 Å². The number of hydrogen-bond acceptors (Lipinski definition) is 2. The summed E-state index contributed by atoms with van der Waals surface area (Å²) in [6.07, 6.45) is 11.2. The summed E-state index contributed by atoms with van der Waals surface area (Å²) in [6.45, 7) is 5.32. The van der Waals surface area contributed by atoms with Gasteiger partial charge in [0.25, 0.3) is 0 Å². The predicted octanol–water partition coefficient (Wildman–Crippen LogP) is 3.69. The molecule has 4 saturated carbocycles. The van der Waals surface area contributed by atoms with E-state index in [4.69, 9.17) is 0 Å². The molecule has 4 aliphatic carbocycles. The van der Waals surface area contributed by atoms with Gasteiger partial charge in [0.1, 0.15) is 0 Å². The fourth-order valence-corrected chi connectivity index (χ4v) is 5.95. The second-order valence-corrected chi connectivity index (χ2v) is 7.97. The summed E-state index contributed by atoms with van der Waals surface area (Å²) >= 11 is 0. The van der Waals surface area contributed by atoms with Crippen LogP contribution in [0.2, 0.25) is 0 Å². The monoisotopic (exact) mass is 272 g/mol. The number of rotatable bonds is 3. The zero-order chi connectivity index (χ0) is 14.0. The van der Waals surface area contributed by atoms with E-state index in [0.717, 1.165) is 43.2 Å². The van der Waals surface area contributed by atoms with Gasteiger partial charge in [-0.05, 0) is 62.7 Å². The molecule has 0 spiro atoms. The van der Waals surface area contributed by atoms with E-state index in [1.165, 1.54) is 19.3 Å². The molecule has 2 atom stereocenters. The van der Waals surface area contributed by atoms with Crippen molar-refractivity contribution in [1.82, 2.24) is 9.78 Å². The first-order chi connectivity index (χ1) is 9.52. The van der Waals surface area contributed by atoms with E-state index in [2.05, 4.69) is 18.9 Å². The summed E-state index contributed by atoms with van der Waals surface area (Å²) in [7, 11) is 0. The number of Topliss-reactive ketones (excluding diaryl/α,β-unsaturated/α-hetero) is 1. The van der Waals surface area contributed by atoms with Gasteiger partial charge in [-0.2, -0.15) is 5.10 Å². The smallest absolute Gasteiger partial charge is 0.172 e. The predicted molar refractivity (Wildman–Crippen MR) is 77.5 cm³/mol. The molecule has 0 amide bonds. The van der Waals surface area contributed by atoms with Crippen molar-refractivity contribution < 1.29 is 4.79 Å². The van der Waals surface area contributed by atoms with Crippen molar-refractivity contribution in [3.63, 3.8) is 0 Å². The number of carbonyl (C=O) groups is 1. The second kappa shape index (κ2) is 3.96. The molecule has 2 unspecified atom stereocenters. The number of aryl methyl sites for hydroxylation is 1. The van der Waals surface area contributed by atoms with E-state index in [0.29, 0.717) is 11.2 Å². The average Bonchev–Trinajstić information content (AvgIpc) is 2.83. The van der Waals surface area contributed by atoms with Gasteiger partial charge < -0.3 is 0 Å². The highest BCUT2D eigenvalue weighted by Gasteiger charge is 2.58. The Hall–Kier alpha value is -1.12. The van der Waals surface area contributed by atoms with Gasteiger partial charge in [0.2, 0.25) is 0 Å². The van der Waals surface area contributed by atoms with Crippen molar-refractivity contribution in [1.29, 1.82) is 0 Å². The molecule has 0 radical (unpaired) electrons. The summed E-state index contributed by atoms with van der Waals surface area (Å²) in [5.74, 6) is 1.98. The van der Waals surface area contributed by atoms with Crippen LogP contribution in [0, 0.1) is 22.7 Å². The van der Waals surface area contributed by atoms with Crippen molar-refractivity contribution in [2.24, 2.45) is 22.7 Å². The maximum atomic E-state index is 13.1. The van der Waals surface area contributed by atoms with Crippen LogP contribution in [0.5, 0.6) is 0 Å². The highest BCUT2D eigenvalue weighted by atomic mass is 16.1. The molecule has 3 heteroatoms. The lowest BCUT2D eigenvalue weighted by Crippen LogP contribution is -2.53. The standard InChI is InChI=1S/C17H24N2O/c1-3-19-10-14(9-18-19)15(20)17-7-12-4-13(8-17)6-16(2,5-12)11-17/h9-10,12-13H,3-8,11H2,1-2H3. The number of aromatic nitrogens is 2. The lowest BCUT2D eigenvalue weighted by molar-refractivity contribution is -0.0820. The van der Waals surface area contributed by atoms with Gasteiger partial charge in [-0.25, -0.2) is 0 Å². The van der Waals surface area contributed by atoms with Gasteiger partial charge in [0, 0.05) is 18.2 Å². The normalized spacial score (nSPS) is 42.1. The molecule has 4 fully saturated rings. The lowest BCUT2D eigenvalue weighted by atomic mass is 9.43. The number of ketones is 1. The third-order valence-corrected chi connectivity index (χ3v) is 6.05. The van der Waals surface area contributed by atoms with Crippen LogP contribution >= 0.6 is 0 Å². The van der Waals surface area contributed by atoms with E-state index in [1.807, 2.05) is 10.9 Å². The summed E-state index contributed by atoms with van der Waals surface area (Å²) in [4.78, 5) is 13.1. The van der Waals surface area contributed by atoms with E-state index >= 15 is 0 Å². The molecule has 0 aromatic carbocycles. The maximum Gasteiger partial charge on any atom is 0.172 e. The van der Waals surface area contributed by atoms with Crippen LogP contribution in [-0.4, -0.2) is 15.6 Å². The Balaban J connectivity index is 1.68. The van der Waals surface area contributed by atoms with Crippen molar-refractivity contribution in [2.45, 2.75) is 58.9 Å². The van der Waals surface area contributed by atoms with Gasteiger partial charge in [0.15, 0.2) is 5.78 Å². The van der Waals surface area contributed by atoms with Crippen LogP contribution in [0.25, 0.3) is 0 Å². The van der Waals surface area contributed by atoms with Crippen LogP contribution in [0.4, 0.5) is 0 Å². The maximum absolute atomic E-state index is 13.1. The van der Waals surface area contributed by atoms with Gasteiger partial charge >= 0.3 is 0 Å². The van der Waals surface area contributed by atoms with Gasteiger partial charge in [-0.1, -0.05) is 6.92 Å². The van der Waals surface area contributed by atoms with E-state index < -0.39 is 0 Å². The van der Waals surface area contributed by atoms with Crippen molar-refractivity contribution in [2.75, 3.05) is 0 Å². The first kappa shape index (κ1) is 12.6. The molecule has 108 valence electrons. The van der Waals surface area contributed by atoms with Crippen molar-refractivity contribution in [3.8, 4) is 0 Å². The van der Waals surface area contributed by atoms with Crippen LogP contribution in [0.3, 0.4) is 0 Å². The molecule has 20 heavy (non-hydrogen) atoms. The SMILES string of the molecule is CCn1cc(C(=O)C23CC4CC(CC(C)(C4)C2)C3)cn1. The Morgan fingerprint density at radius 3 is 2.60 bits per heavy atom. The van der Waals surface area contributed by atoms with Crippen LogP contribution in [0.15, 0.2) is 12.4 Å². The Morgan fingerprint density at radius 2 is 2.05 bits per heavy atom. The molecular weight excluding hydrogens is 248 g/mol. The number of carbonyl (C=O) groups excluding carboxylic acids is 1. The van der Waals surface area contributed by atoms with E-state index in [1.54, 1.807) is 6.20 Å². The topological polar surface area (TPSA) is 34.9 Å². The summed E-state index contributed by atoms with van der Waals surface area (Å²) in [5.41, 5.74) is 1.22. The molecular formula is C17H24N2O. The zero-order valence-electron chi connectivity index (χ0n) is 12.6.